The average molecular weight is 375 g/mol. The van der Waals surface area contributed by atoms with Crippen molar-refractivity contribution in [3.8, 4) is 0 Å². The first-order valence-corrected chi connectivity index (χ1v) is 9.60. The van der Waals surface area contributed by atoms with Gasteiger partial charge in [0, 0.05) is 45.6 Å². The third-order valence-corrected chi connectivity index (χ3v) is 5.28. The Kier molecular flexibility index (Phi) is 6.42. The zero-order chi connectivity index (χ0) is 19.2. The summed E-state index contributed by atoms with van der Waals surface area (Å²) < 4.78 is 13.3. The number of nitrogens with one attached hydrogen (secondary N) is 1. The Hall–Kier alpha value is -2.44. The second-order valence-electron chi connectivity index (χ2n) is 7.23. The number of halogens is 1. The monoisotopic (exact) mass is 375 g/mol. The molecule has 6 nitrogen and oxygen atoms in total. The van der Waals surface area contributed by atoms with Gasteiger partial charge in [-0.3, -0.25) is 14.4 Å². The molecule has 2 saturated heterocycles. The average Bonchev–Trinajstić information content (AvgIpc) is 3.06. The van der Waals surface area contributed by atoms with Crippen molar-refractivity contribution in [1.29, 1.82) is 0 Å². The highest BCUT2D eigenvalue weighted by Gasteiger charge is 2.30. The van der Waals surface area contributed by atoms with E-state index < -0.39 is 0 Å². The zero-order valence-corrected chi connectivity index (χ0v) is 15.5. The van der Waals surface area contributed by atoms with Gasteiger partial charge in [0.1, 0.15) is 5.82 Å². The fourth-order valence-electron chi connectivity index (χ4n) is 3.70. The number of piperidine rings is 1. The first-order valence-electron chi connectivity index (χ1n) is 9.60. The number of hydrogen-bond donors (Lipinski definition) is 1. The summed E-state index contributed by atoms with van der Waals surface area (Å²) in [5, 5.41) is 2.90. The minimum atomic E-state index is -0.286. The van der Waals surface area contributed by atoms with Crippen LogP contribution in [0.2, 0.25) is 0 Å². The van der Waals surface area contributed by atoms with Crippen LogP contribution in [0.5, 0.6) is 0 Å². The standard InChI is InChI=1S/C20H26FN3O3/c21-17-4-1-3-15(13-17)8-11-24-14-16(6-7-19(24)26)20(27)22-9-12-23-10-2-5-18(23)25/h1,3-4,13,16H,2,5-12,14H2,(H,22,27)/t16-/m1/s1. The highest BCUT2D eigenvalue weighted by molar-refractivity contribution is 5.84. The number of hydrogen-bond acceptors (Lipinski definition) is 3. The van der Waals surface area contributed by atoms with Crippen LogP contribution in [0.25, 0.3) is 0 Å². The Morgan fingerprint density at radius 2 is 1.96 bits per heavy atom. The van der Waals surface area contributed by atoms with Gasteiger partial charge in [0.05, 0.1) is 5.92 Å². The molecule has 1 aromatic carbocycles. The molecule has 0 aromatic heterocycles. The molecule has 0 aliphatic carbocycles. The molecule has 0 radical (unpaired) electrons. The third-order valence-electron chi connectivity index (χ3n) is 5.28. The summed E-state index contributed by atoms with van der Waals surface area (Å²) in [6, 6.07) is 6.36. The SMILES string of the molecule is O=C(NCCN1CCCC1=O)[C@@H]1CCC(=O)N(CCc2cccc(F)c2)C1. The van der Waals surface area contributed by atoms with Crippen LogP contribution in [0, 0.1) is 11.7 Å². The summed E-state index contributed by atoms with van der Waals surface area (Å²) in [7, 11) is 0. The Morgan fingerprint density at radius 3 is 2.70 bits per heavy atom. The predicted octanol–water partition coefficient (Wildman–Crippen LogP) is 1.35. The Bertz CT molecular complexity index is 709. The van der Waals surface area contributed by atoms with Crippen LogP contribution in [0.1, 0.15) is 31.2 Å². The lowest BCUT2D eigenvalue weighted by atomic mass is 9.96. The minimum Gasteiger partial charge on any atom is -0.354 e. The quantitative estimate of drug-likeness (QED) is 0.782. The fraction of sp³-hybridized carbons (Fsp3) is 0.550. The normalized spacial score (nSPS) is 20.3. The van der Waals surface area contributed by atoms with Crippen LogP contribution in [-0.4, -0.2) is 60.2 Å². The number of benzene rings is 1. The Balaban J connectivity index is 1.44. The van der Waals surface area contributed by atoms with Gasteiger partial charge in [-0.15, -0.1) is 0 Å². The molecule has 27 heavy (non-hydrogen) atoms. The maximum absolute atomic E-state index is 13.3. The molecule has 1 aromatic rings. The lowest BCUT2D eigenvalue weighted by Gasteiger charge is -2.32. The topological polar surface area (TPSA) is 69.7 Å². The number of carbonyl (C=O) groups excluding carboxylic acids is 3. The molecule has 0 spiro atoms. The highest BCUT2D eigenvalue weighted by atomic mass is 19.1. The fourth-order valence-corrected chi connectivity index (χ4v) is 3.70. The van der Waals surface area contributed by atoms with E-state index in [9.17, 15) is 18.8 Å². The van der Waals surface area contributed by atoms with Gasteiger partial charge >= 0.3 is 0 Å². The van der Waals surface area contributed by atoms with E-state index in [1.807, 2.05) is 6.07 Å². The van der Waals surface area contributed by atoms with E-state index >= 15 is 0 Å². The molecule has 0 bridgehead atoms. The van der Waals surface area contributed by atoms with E-state index in [0.717, 1.165) is 18.5 Å². The number of amides is 3. The van der Waals surface area contributed by atoms with Gasteiger partial charge in [-0.1, -0.05) is 12.1 Å². The van der Waals surface area contributed by atoms with E-state index in [1.165, 1.54) is 12.1 Å². The van der Waals surface area contributed by atoms with Crippen molar-refractivity contribution in [2.75, 3.05) is 32.7 Å². The maximum atomic E-state index is 13.3. The molecule has 7 heteroatoms. The molecule has 146 valence electrons. The predicted molar refractivity (Wildman–Crippen MR) is 98.2 cm³/mol. The van der Waals surface area contributed by atoms with Gasteiger partial charge in [-0.25, -0.2) is 4.39 Å². The van der Waals surface area contributed by atoms with Crippen LogP contribution in [0.15, 0.2) is 24.3 Å². The largest absolute Gasteiger partial charge is 0.354 e. The second-order valence-corrected chi connectivity index (χ2v) is 7.23. The van der Waals surface area contributed by atoms with E-state index in [2.05, 4.69) is 5.32 Å². The lowest BCUT2D eigenvalue weighted by Crippen LogP contribution is -2.47. The highest BCUT2D eigenvalue weighted by Crippen LogP contribution is 2.18. The van der Waals surface area contributed by atoms with Crippen LogP contribution in [0.3, 0.4) is 0 Å². The van der Waals surface area contributed by atoms with E-state index in [0.29, 0.717) is 51.9 Å². The molecular formula is C20H26FN3O3. The van der Waals surface area contributed by atoms with Crippen LogP contribution < -0.4 is 5.32 Å². The summed E-state index contributed by atoms with van der Waals surface area (Å²) in [5.74, 6) is -0.394. The van der Waals surface area contributed by atoms with Gasteiger partial charge in [0.25, 0.3) is 0 Å². The number of carbonyl (C=O) groups is 3. The summed E-state index contributed by atoms with van der Waals surface area (Å²) in [4.78, 5) is 39.6. The Labute approximate surface area is 158 Å². The van der Waals surface area contributed by atoms with E-state index in [1.54, 1.807) is 15.9 Å². The van der Waals surface area contributed by atoms with Crippen molar-refractivity contribution in [2.24, 2.45) is 5.92 Å². The summed E-state index contributed by atoms with van der Waals surface area (Å²) >= 11 is 0. The molecule has 0 unspecified atom stereocenters. The summed E-state index contributed by atoms with van der Waals surface area (Å²) in [6.45, 7) is 2.62. The second kappa shape index (κ2) is 8.97. The van der Waals surface area contributed by atoms with Crippen molar-refractivity contribution in [1.82, 2.24) is 15.1 Å². The molecule has 3 amide bonds. The summed E-state index contributed by atoms with van der Waals surface area (Å²) in [6.07, 6.45) is 2.95. The van der Waals surface area contributed by atoms with Crippen LogP contribution in [0.4, 0.5) is 4.39 Å². The van der Waals surface area contributed by atoms with Gasteiger partial charge < -0.3 is 15.1 Å². The number of rotatable bonds is 7. The number of likely N-dealkylation sites (tertiary alicyclic amines) is 2. The molecule has 2 heterocycles. The van der Waals surface area contributed by atoms with Crippen LogP contribution >= 0.6 is 0 Å². The van der Waals surface area contributed by atoms with Crippen molar-refractivity contribution in [3.63, 3.8) is 0 Å². The molecule has 1 N–H and O–H groups in total. The van der Waals surface area contributed by atoms with Crippen LogP contribution in [-0.2, 0) is 20.8 Å². The van der Waals surface area contributed by atoms with Gasteiger partial charge in [-0.05, 0) is 37.0 Å². The molecule has 3 rings (SSSR count). The number of nitrogens with zero attached hydrogens (tertiary/aromatic N) is 2. The lowest BCUT2D eigenvalue weighted by molar-refractivity contribution is -0.138. The summed E-state index contributed by atoms with van der Waals surface area (Å²) in [5.41, 5.74) is 0.838. The minimum absolute atomic E-state index is 0.0399. The maximum Gasteiger partial charge on any atom is 0.224 e. The molecule has 1 atom stereocenters. The van der Waals surface area contributed by atoms with Crippen molar-refractivity contribution >= 4 is 17.7 Å². The van der Waals surface area contributed by atoms with Gasteiger partial charge in [-0.2, -0.15) is 0 Å². The van der Waals surface area contributed by atoms with Gasteiger partial charge in [0.2, 0.25) is 17.7 Å². The Morgan fingerprint density at radius 1 is 1.15 bits per heavy atom. The molecular weight excluding hydrogens is 349 g/mol. The molecule has 0 saturated carbocycles. The molecule has 2 aliphatic rings. The van der Waals surface area contributed by atoms with Crippen molar-refractivity contribution in [3.05, 3.63) is 35.6 Å². The first-order chi connectivity index (χ1) is 13.0. The first kappa shape index (κ1) is 19.3. The molecule has 2 aliphatic heterocycles. The third kappa shape index (κ3) is 5.28. The van der Waals surface area contributed by atoms with E-state index in [-0.39, 0.29) is 29.5 Å². The smallest absolute Gasteiger partial charge is 0.224 e. The zero-order valence-electron chi connectivity index (χ0n) is 15.5. The van der Waals surface area contributed by atoms with Gasteiger partial charge in [0.15, 0.2) is 0 Å². The molecule has 2 fully saturated rings. The van der Waals surface area contributed by atoms with E-state index in [4.69, 9.17) is 0 Å². The van der Waals surface area contributed by atoms with Crippen molar-refractivity contribution < 1.29 is 18.8 Å². The van der Waals surface area contributed by atoms with Crippen molar-refractivity contribution in [2.45, 2.75) is 32.1 Å².